The number of nitrogens with zero attached hydrogens (tertiary/aromatic N) is 1. The predicted octanol–water partition coefficient (Wildman–Crippen LogP) is 2.93. The maximum Gasteiger partial charge on any atom is 0.325 e. The van der Waals surface area contributed by atoms with Gasteiger partial charge in [-0.15, -0.1) is 0 Å². The van der Waals surface area contributed by atoms with E-state index in [0.29, 0.717) is 12.2 Å². The Morgan fingerprint density at radius 1 is 1.03 bits per heavy atom. The zero-order valence-corrected chi connectivity index (χ0v) is 18.9. The summed E-state index contributed by atoms with van der Waals surface area (Å²) in [6.07, 6.45) is 3.58. The Balaban J connectivity index is 1.29. The molecular formula is C26H24N4O5. The van der Waals surface area contributed by atoms with E-state index >= 15 is 0 Å². The number of furan rings is 1. The van der Waals surface area contributed by atoms with Gasteiger partial charge in [-0.3, -0.25) is 19.3 Å². The Bertz CT molecular complexity index is 1300. The van der Waals surface area contributed by atoms with Gasteiger partial charge in [-0.1, -0.05) is 36.4 Å². The molecular weight excluding hydrogens is 448 g/mol. The number of nitrogens with one attached hydrogen (secondary N) is 3. The van der Waals surface area contributed by atoms with Crippen LogP contribution in [-0.2, 0) is 28.1 Å². The minimum atomic E-state index is -1.14. The van der Waals surface area contributed by atoms with Crippen LogP contribution in [0, 0.1) is 0 Å². The van der Waals surface area contributed by atoms with Crippen LogP contribution in [0.1, 0.15) is 40.1 Å². The number of urea groups is 1. The van der Waals surface area contributed by atoms with E-state index in [0.717, 1.165) is 28.9 Å². The molecule has 1 saturated heterocycles. The molecule has 1 spiro atoms. The Morgan fingerprint density at radius 2 is 1.83 bits per heavy atom. The fourth-order valence-electron chi connectivity index (χ4n) is 4.75. The Kier molecular flexibility index (Phi) is 5.82. The average molecular weight is 473 g/mol. The largest absolute Gasteiger partial charge is 0.467 e. The molecule has 1 aliphatic heterocycles. The number of imide groups is 1. The number of hydrogen-bond donors (Lipinski definition) is 3. The lowest BCUT2D eigenvalue weighted by atomic mass is 9.76. The average Bonchev–Trinajstić information content (AvgIpc) is 3.46. The lowest BCUT2D eigenvalue weighted by Gasteiger charge is -2.33. The standard InChI is InChI=1S/C26H24N4O5/c31-22(28-21-12-4-2-10-19(21)23(32)27-15-18-9-6-14-35-18)16-30-24(33)26(29-25(30)34)13-5-8-17-7-1-3-11-20(17)26/h1-4,6-7,9-12,14H,5,8,13,15-16H2,(H,27,32)(H,28,31)(H,29,34)/t26-/m0/s1. The van der Waals surface area contributed by atoms with Gasteiger partial charge in [-0.05, 0) is 54.7 Å². The van der Waals surface area contributed by atoms with Gasteiger partial charge in [0.1, 0.15) is 17.8 Å². The van der Waals surface area contributed by atoms with Gasteiger partial charge >= 0.3 is 6.03 Å². The highest BCUT2D eigenvalue weighted by atomic mass is 16.3. The van der Waals surface area contributed by atoms with Crippen molar-refractivity contribution in [3.63, 3.8) is 0 Å². The maximum atomic E-state index is 13.4. The Labute approximate surface area is 201 Å². The molecule has 1 aromatic heterocycles. The van der Waals surface area contributed by atoms with E-state index in [1.54, 1.807) is 36.4 Å². The monoisotopic (exact) mass is 472 g/mol. The van der Waals surface area contributed by atoms with E-state index in [-0.39, 0.29) is 17.8 Å². The van der Waals surface area contributed by atoms with Crippen molar-refractivity contribution in [2.75, 3.05) is 11.9 Å². The number of benzene rings is 2. The van der Waals surface area contributed by atoms with Gasteiger partial charge < -0.3 is 20.4 Å². The zero-order valence-electron chi connectivity index (χ0n) is 18.9. The molecule has 1 aliphatic carbocycles. The van der Waals surface area contributed by atoms with Crippen molar-refractivity contribution in [2.45, 2.75) is 31.3 Å². The van der Waals surface area contributed by atoms with Gasteiger partial charge in [0.2, 0.25) is 5.91 Å². The van der Waals surface area contributed by atoms with Crippen LogP contribution in [0.4, 0.5) is 10.5 Å². The number of rotatable bonds is 6. The normalized spacial score (nSPS) is 18.8. The van der Waals surface area contributed by atoms with Crippen LogP contribution in [-0.4, -0.2) is 35.2 Å². The number of anilines is 1. The van der Waals surface area contributed by atoms with Crippen molar-refractivity contribution in [1.29, 1.82) is 0 Å². The molecule has 2 heterocycles. The fourth-order valence-corrected chi connectivity index (χ4v) is 4.75. The quantitative estimate of drug-likeness (QED) is 0.477. The van der Waals surface area contributed by atoms with Crippen molar-refractivity contribution in [2.24, 2.45) is 0 Å². The first-order chi connectivity index (χ1) is 17.0. The number of carbonyl (C=O) groups excluding carboxylic acids is 4. The molecule has 5 amide bonds. The van der Waals surface area contributed by atoms with Crippen LogP contribution in [0.5, 0.6) is 0 Å². The second-order valence-corrected chi connectivity index (χ2v) is 8.59. The topological polar surface area (TPSA) is 121 Å². The molecule has 5 rings (SSSR count). The number of fused-ring (bicyclic) bond motifs is 2. The molecule has 0 bridgehead atoms. The van der Waals surface area contributed by atoms with E-state index in [4.69, 9.17) is 4.42 Å². The van der Waals surface area contributed by atoms with E-state index in [9.17, 15) is 19.2 Å². The second-order valence-electron chi connectivity index (χ2n) is 8.59. The van der Waals surface area contributed by atoms with Gasteiger partial charge in [0.05, 0.1) is 24.1 Å². The summed E-state index contributed by atoms with van der Waals surface area (Å²) in [4.78, 5) is 52.7. The molecule has 35 heavy (non-hydrogen) atoms. The summed E-state index contributed by atoms with van der Waals surface area (Å²) in [5, 5.41) is 8.24. The lowest BCUT2D eigenvalue weighted by Crippen LogP contribution is -2.47. The van der Waals surface area contributed by atoms with Crippen LogP contribution in [0.25, 0.3) is 0 Å². The van der Waals surface area contributed by atoms with E-state index in [2.05, 4.69) is 16.0 Å². The summed E-state index contributed by atoms with van der Waals surface area (Å²) >= 11 is 0. The third kappa shape index (κ3) is 4.16. The molecule has 9 heteroatoms. The second kappa shape index (κ2) is 9.09. The number of aryl methyl sites for hydroxylation is 1. The first kappa shape index (κ1) is 22.4. The van der Waals surface area contributed by atoms with Gasteiger partial charge in [-0.2, -0.15) is 0 Å². The van der Waals surface area contributed by atoms with E-state index in [1.165, 1.54) is 6.26 Å². The van der Waals surface area contributed by atoms with Crippen LogP contribution in [0.2, 0.25) is 0 Å². The van der Waals surface area contributed by atoms with Crippen molar-refractivity contribution in [1.82, 2.24) is 15.5 Å². The summed E-state index contributed by atoms with van der Waals surface area (Å²) in [7, 11) is 0. The van der Waals surface area contributed by atoms with Crippen molar-refractivity contribution in [3.8, 4) is 0 Å². The van der Waals surface area contributed by atoms with Gasteiger partial charge in [0, 0.05) is 0 Å². The molecule has 2 aromatic carbocycles. The number of para-hydroxylation sites is 1. The highest BCUT2D eigenvalue weighted by molar-refractivity contribution is 6.11. The van der Waals surface area contributed by atoms with Gasteiger partial charge in [0.25, 0.3) is 11.8 Å². The highest BCUT2D eigenvalue weighted by Crippen LogP contribution is 2.39. The van der Waals surface area contributed by atoms with E-state index < -0.39 is 35.8 Å². The number of carbonyl (C=O) groups is 4. The predicted molar refractivity (Wildman–Crippen MR) is 126 cm³/mol. The van der Waals surface area contributed by atoms with Gasteiger partial charge in [0.15, 0.2) is 0 Å². The van der Waals surface area contributed by atoms with Crippen LogP contribution in [0.3, 0.4) is 0 Å². The molecule has 2 aliphatic rings. The van der Waals surface area contributed by atoms with Crippen molar-refractivity contribution in [3.05, 3.63) is 89.4 Å². The van der Waals surface area contributed by atoms with Gasteiger partial charge in [-0.25, -0.2) is 4.79 Å². The molecule has 178 valence electrons. The SMILES string of the molecule is O=C(CN1C(=O)N[C@]2(CCCc3ccccc32)C1=O)Nc1ccccc1C(=O)NCc1ccco1. The summed E-state index contributed by atoms with van der Waals surface area (Å²) < 4.78 is 5.22. The summed E-state index contributed by atoms with van der Waals surface area (Å²) in [5.74, 6) is -0.822. The first-order valence-corrected chi connectivity index (χ1v) is 11.4. The van der Waals surface area contributed by atoms with Crippen LogP contribution >= 0.6 is 0 Å². The molecule has 0 radical (unpaired) electrons. The maximum absolute atomic E-state index is 13.4. The van der Waals surface area contributed by atoms with Crippen LogP contribution in [0.15, 0.2) is 71.3 Å². The minimum absolute atomic E-state index is 0.195. The third-order valence-electron chi connectivity index (χ3n) is 6.40. The van der Waals surface area contributed by atoms with Crippen LogP contribution < -0.4 is 16.0 Å². The third-order valence-corrected chi connectivity index (χ3v) is 6.40. The fraction of sp³-hybridized carbons (Fsp3) is 0.231. The molecule has 3 aromatic rings. The van der Waals surface area contributed by atoms with Crippen molar-refractivity contribution < 1.29 is 23.6 Å². The molecule has 0 saturated carbocycles. The molecule has 0 unspecified atom stereocenters. The zero-order chi connectivity index (χ0) is 24.4. The number of amides is 5. The summed E-state index contributed by atoms with van der Waals surface area (Å²) in [6, 6.07) is 16.9. The Morgan fingerprint density at radius 3 is 2.66 bits per heavy atom. The van der Waals surface area contributed by atoms with Crippen molar-refractivity contribution >= 4 is 29.4 Å². The minimum Gasteiger partial charge on any atom is -0.467 e. The molecule has 9 nitrogen and oxygen atoms in total. The molecule has 1 atom stereocenters. The smallest absolute Gasteiger partial charge is 0.325 e. The summed E-state index contributed by atoms with van der Waals surface area (Å²) in [6.45, 7) is -0.267. The van der Waals surface area contributed by atoms with E-state index in [1.807, 2.05) is 24.3 Å². The Hall–Kier alpha value is -4.40. The molecule has 3 N–H and O–H groups in total. The first-order valence-electron chi connectivity index (χ1n) is 11.4. The molecule has 1 fully saturated rings. The highest BCUT2D eigenvalue weighted by Gasteiger charge is 2.54. The number of hydrogen-bond acceptors (Lipinski definition) is 5. The lowest BCUT2D eigenvalue weighted by molar-refractivity contribution is -0.134. The summed E-state index contributed by atoms with van der Waals surface area (Å²) in [5.41, 5.74) is 1.19.